The van der Waals surface area contributed by atoms with Crippen LogP contribution < -0.4 is 5.32 Å². The number of hydrogen-bond donors (Lipinski definition) is 1. The van der Waals surface area contributed by atoms with E-state index in [4.69, 9.17) is 0 Å². The zero-order chi connectivity index (χ0) is 12.7. The molecule has 0 atom stereocenters. The molecule has 1 amide bonds. The molecular weight excluding hydrogens is 235 g/mol. The van der Waals surface area contributed by atoms with E-state index < -0.39 is 25.3 Å². The number of amides is 1. The Balaban J connectivity index is 2.15. The van der Waals surface area contributed by atoms with Crippen LogP contribution in [0.5, 0.6) is 0 Å². The van der Waals surface area contributed by atoms with Gasteiger partial charge in [0.1, 0.15) is 13.2 Å². The summed E-state index contributed by atoms with van der Waals surface area (Å²) in [5, 5.41) is 2.71. The van der Waals surface area contributed by atoms with Crippen LogP contribution in [0.4, 0.5) is 13.2 Å². The molecule has 3 nitrogen and oxygen atoms in total. The summed E-state index contributed by atoms with van der Waals surface area (Å²) in [5.41, 5.74) is 0. The van der Waals surface area contributed by atoms with E-state index in [1.165, 1.54) is 0 Å². The molecule has 100 valence electrons. The van der Waals surface area contributed by atoms with Crippen LogP contribution in [0.1, 0.15) is 38.5 Å². The molecule has 0 radical (unpaired) electrons. The van der Waals surface area contributed by atoms with Crippen LogP contribution >= 0.6 is 0 Å². The van der Waals surface area contributed by atoms with Crippen LogP contribution in [-0.4, -0.2) is 31.3 Å². The molecular formula is C11H18F3NO2. The third-order valence-corrected chi connectivity index (χ3v) is 2.72. The molecule has 1 fully saturated rings. The van der Waals surface area contributed by atoms with Crippen molar-refractivity contribution in [1.82, 2.24) is 5.32 Å². The first-order valence-electron chi connectivity index (χ1n) is 5.91. The standard InChI is InChI=1S/C11H18F3NO2/c12-11(13,14)8-17-7-10(16)15-9-5-3-1-2-4-6-9/h9H,1-8H2,(H,15,16). The molecule has 1 aliphatic carbocycles. The zero-order valence-electron chi connectivity index (χ0n) is 9.68. The van der Waals surface area contributed by atoms with Crippen LogP contribution in [-0.2, 0) is 9.53 Å². The fourth-order valence-electron chi connectivity index (χ4n) is 1.95. The Bertz CT molecular complexity index is 235. The van der Waals surface area contributed by atoms with Gasteiger partial charge in [0.05, 0.1) is 0 Å². The Labute approximate surface area is 98.7 Å². The van der Waals surface area contributed by atoms with Crippen molar-refractivity contribution in [2.45, 2.75) is 50.7 Å². The SMILES string of the molecule is O=C(COCC(F)(F)F)NC1CCCCCC1. The molecule has 0 unspecified atom stereocenters. The number of carbonyl (C=O) groups excluding carboxylic acids is 1. The maximum Gasteiger partial charge on any atom is 0.411 e. The highest BCUT2D eigenvalue weighted by molar-refractivity contribution is 5.77. The van der Waals surface area contributed by atoms with Crippen molar-refractivity contribution in [3.05, 3.63) is 0 Å². The first kappa shape index (κ1) is 14.3. The van der Waals surface area contributed by atoms with Crippen molar-refractivity contribution >= 4 is 5.91 Å². The highest BCUT2D eigenvalue weighted by atomic mass is 19.4. The molecule has 0 spiro atoms. The second-order valence-electron chi connectivity index (χ2n) is 4.36. The van der Waals surface area contributed by atoms with Gasteiger partial charge in [-0.1, -0.05) is 25.7 Å². The summed E-state index contributed by atoms with van der Waals surface area (Å²) in [6.07, 6.45) is 1.90. The highest BCUT2D eigenvalue weighted by Gasteiger charge is 2.27. The third-order valence-electron chi connectivity index (χ3n) is 2.72. The molecule has 1 aliphatic rings. The zero-order valence-corrected chi connectivity index (χ0v) is 9.68. The highest BCUT2D eigenvalue weighted by Crippen LogP contribution is 2.17. The van der Waals surface area contributed by atoms with E-state index in [0.717, 1.165) is 38.5 Å². The van der Waals surface area contributed by atoms with E-state index in [0.29, 0.717) is 0 Å². The maximum atomic E-state index is 11.8. The average molecular weight is 253 g/mol. The topological polar surface area (TPSA) is 38.3 Å². The normalized spacial score (nSPS) is 18.8. The minimum Gasteiger partial charge on any atom is -0.362 e. The largest absolute Gasteiger partial charge is 0.411 e. The van der Waals surface area contributed by atoms with Gasteiger partial charge in [-0.25, -0.2) is 0 Å². The van der Waals surface area contributed by atoms with Gasteiger partial charge in [0.2, 0.25) is 5.91 Å². The number of rotatable bonds is 4. The minimum absolute atomic E-state index is 0.0967. The number of alkyl halides is 3. The second kappa shape index (κ2) is 6.83. The fraction of sp³-hybridized carbons (Fsp3) is 0.909. The molecule has 1 N–H and O–H groups in total. The van der Waals surface area contributed by atoms with E-state index >= 15 is 0 Å². The van der Waals surface area contributed by atoms with Gasteiger partial charge < -0.3 is 10.1 Å². The minimum atomic E-state index is -4.37. The summed E-state index contributed by atoms with van der Waals surface area (Å²) in [4.78, 5) is 11.3. The number of hydrogen-bond acceptors (Lipinski definition) is 2. The van der Waals surface area contributed by atoms with E-state index in [2.05, 4.69) is 10.1 Å². The number of carbonyl (C=O) groups is 1. The lowest BCUT2D eigenvalue weighted by Gasteiger charge is -2.16. The van der Waals surface area contributed by atoms with Crippen LogP contribution in [0.25, 0.3) is 0 Å². The summed E-state index contributed by atoms with van der Waals surface area (Å²) in [5.74, 6) is -0.457. The van der Waals surface area contributed by atoms with Crippen molar-refractivity contribution in [2.75, 3.05) is 13.2 Å². The van der Waals surface area contributed by atoms with Gasteiger partial charge >= 0.3 is 6.18 Å². The van der Waals surface area contributed by atoms with Gasteiger partial charge in [-0.3, -0.25) is 4.79 Å². The summed E-state index contributed by atoms with van der Waals surface area (Å²) < 4.78 is 39.6. The smallest absolute Gasteiger partial charge is 0.362 e. The fourth-order valence-corrected chi connectivity index (χ4v) is 1.95. The van der Waals surface area contributed by atoms with Crippen molar-refractivity contribution in [1.29, 1.82) is 0 Å². The lowest BCUT2D eigenvalue weighted by atomic mass is 10.1. The number of nitrogens with one attached hydrogen (secondary N) is 1. The summed E-state index contributed by atoms with van der Waals surface area (Å²) in [6.45, 7) is -1.89. The molecule has 1 rings (SSSR count). The first-order valence-corrected chi connectivity index (χ1v) is 5.91. The molecule has 17 heavy (non-hydrogen) atoms. The average Bonchev–Trinajstić information content (AvgIpc) is 2.44. The van der Waals surface area contributed by atoms with Gasteiger partial charge in [-0.2, -0.15) is 13.2 Å². The van der Waals surface area contributed by atoms with E-state index in [1.54, 1.807) is 0 Å². The van der Waals surface area contributed by atoms with Gasteiger partial charge in [0.25, 0.3) is 0 Å². The summed E-state index contributed by atoms with van der Waals surface area (Å²) in [6, 6.07) is 0.0967. The van der Waals surface area contributed by atoms with Crippen LogP contribution in [0.3, 0.4) is 0 Å². The molecule has 0 aliphatic heterocycles. The molecule has 0 saturated heterocycles. The monoisotopic (exact) mass is 253 g/mol. The third kappa shape index (κ3) is 7.20. The van der Waals surface area contributed by atoms with Gasteiger partial charge in [0, 0.05) is 6.04 Å². The second-order valence-corrected chi connectivity index (χ2v) is 4.36. The van der Waals surface area contributed by atoms with E-state index in [1.807, 2.05) is 0 Å². The molecule has 0 aromatic rings. The lowest BCUT2D eigenvalue weighted by molar-refractivity contribution is -0.175. The van der Waals surface area contributed by atoms with Crippen LogP contribution in [0.15, 0.2) is 0 Å². The maximum absolute atomic E-state index is 11.8. The molecule has 0 heterocycles. The predicted molar refractivity (Wildman–Crippen MR) is 56.5 cm³/mol. The molecule has 0 aromatic carbocycles. The van der Waals surface area contributed by atoms with Crippen LogP contribution in [0, 0.1) is 0 Å². The Morgan fingerprint density at radius 3 is 2.29 bits per heavy atom. The lowest BCUT2D eigenvalue weighted by Crippen LogP contribution is -2.37. The van der Waals surface area contributed by atoms with Crippen molar-refractivity contribution in [2.24, 2.45) is 0 Å². The molecule has 6 heteroatoms. The number of halogens is 3. The first-order chi connectivity index (χ1) is 7.97. The predicted octanol–water partition coefficient (Wildman–Crippen LogP) is 2.40. The summed E-state index contributed by atoms with van der Waals surface area (Å²) in [7, 11) is 0. The quantitative estimate of drug-likeness (QED) is 0.781. The van der Waals surface area contributed by atoms with E-state index in [9.17, 15) is 18.0 Å². The van der Waals surface area contributed by atoms with Crippen LogP contribution in [0.2, 0.25) is 0 Å². The van der Waals surface area contributed by atoms with Crippen molar-refractivity contribution in [3.8, 4) is 0 Å². The van der Waals surface area contributed by atoms with Gasteiger partial charge in [0.15, 0.2) is 0 Å². The number of ether oxygens (including phenoxy) is 1. The Morgan fingerprint density at radius 2 is 1.76 bits per heavy atom. The summed E-state index contributed by atoms with van der Waals surface area (Å²) >= 11 is 0. The molecule has 0 bridgehead atoms. The van der Waals surface area contributed by atoms with Gasteiger partial charge in [-0.15, -0.1) is 0 Å². The van der Waals surface area contributed by atoms with E-state index in [-0.39, 0.29) is 6.04 Å². The van der Waals surface area contributed by atoms with Crippen molar-refractivity contribution in [3.63, 3.8) is 0 Å². The molecule has 0 aromatic heterocycles. The Hall–Kier alpha value is -0.780. The Morgan fingerprint density at radius 1 is 1.18 bits per heavy atom. The Kier molecular flexibility index (Phi) is 5.74. The van der Waals surface area contributed by atoms with Crippen molar-refractivity contribution < 1.29 is 22.7 Å². The van der Waals surface area contributed by atoms with Gasteiger partial charge in [-0.05, 0) is 12.8 Å². The molecule has 1 saturated carbocycles.